The third-order valence-electron chi connectivity index (χ3n) is 3.30. The first-order valence-electron chi connectivity index (χ1n) is 6.99. The summed E-state index contributed by atoms with van der Waals surface area (Å²) in [7, 11) is 0. The standard InChI is InChI=1S/C17H18N4/c1-12-5-3-6-14(9-12)11-18-16-8-4-7-15(10-16)17-19-13(2)20-21-17/h3-10,18H,11H2,1-2H3,(H,19,20,21). The van der Waals surface area contributed by atoms with Gasteiger partial charge in [0.2, 0.25) is 0 Å². The quantitative estimate of drug-likeness (QED) is 0.765. The molecule has 0 saturated carbocycles. The maximum absolute atomic E-state index is 4.36. The van der Waals surface area contributed by atoms with Crippen molar-refractivity contribution in [2.45, 2.75) is 20.4 Å². The van der Waals surface area contributed by atoms with Crippen molar-refractivity contribution in [1.82, 2.24) is 15.2 Å². The maximum atomic E-state index is 4.36. The van der Waals surface area contributed by atoms with Gasteiger partial charge in [-0.1, -0.05) is 42.0 Å². The predicted octanol–water partition coefficient (Wildman–Crippen LogP) is 3.70. The number of hydrogen-bond donors (Lipinski definition) is 2. The van der Waals surface area contributed by atoms with Gasteiger partial charge in [0.05, 0.1) is 0 Å². The minimum absolute atomic E-state index is 0.728. The van der Waals surface area contributed by atoms with Crippen LogP contribution in [0.2, 0.25) is 0 Å². The van der Waals surface area contributed by atoms with Crippen LogP contribution in [0.1, 0.15) is 17.0 Å². The van der Waals surface area contributed by atoms with E-state index in [9.17, 15) is 0 Å². The maximum Gasteiger partial charge on any atom is 0.181 e. The van der Waals surface area contributed by atoms with Gasteiger partial charge in [-0.3, -0.25) is 5.10 Å². The molecule has 0 unspecified atom stereocenters. The van der Waals surface area contributed by atoms with E-state index >= 15 is 0 Å². The Morgan fingerprint density at radius 2 is 1.90 bits per heavy atom. The number of rotatable bonds is 4. The van der Waals surface area contributed by atoms with Crippen LogP contribution in [0.4, 0.5) is 5.69 Å². The molecule has 3 rings (SSSR count). The second-order valence-corrected chi connectivity index (χ2v) is 5.17. The average molecular weight is 278 g/mol. The van der Waals surface area contributed by atoms with Crippen molar-refractivity contribution in [3.05, 3.63) is 65.5 Å². The first kappa shape index (κ1) is 13.4. The van der Waals surface area contributed by atoms with E-state index in [1.54, 1.807) is 0 Å². The molecule has 4 nitrogen and oxygen atoms in total. The van der Waals surface area contributed by atoms with Gasteiger partial charge in [0.1, 0.15) is 5.82 Å². The summed E-state index contributed by atoms with van der Waals surface area (Å²) >= 11 is 0. The van der Waals surface area contributed by atoms with Gasteiger partial charge in [-0.05, 0) is 31.5 Å². The zero-order chi connectivity index (χ0) is 14.7. The number of hydrogen-bond acceptors (Lipinski definition) is 3. The number of nitrogens with zero attached hydrogens (tertiary/aromatic N) is 2. The third kappa shape index (κ3) is 3.28. The Morgan fingerprint density at radius 1 is 1.05 bits per heavy atom. The summed E-state index contributed by atoms with van der Waals surface area (Å²) in [6.45, 7) is 4.81. The van der Waals surface area contributed by atoms with Crippen molar-refractivity contribution in [3.63, 3.8) is 0 Å². The monoisotopic (exact) mass is 278 g/mol. The Hall–Kier alpha value is -2.62. The normalized spacial score (nSPS) is 10.6. The number of H-pyrrole nitrogens is 1. The SMILES string of the molecule is Cc1cccc(CNc2cccc(-c3n[nH]c(C)n3)c2)c1. The molecule has 0 amide bonds. The van der Waals surface area contributed by atoms with Crippen molar-refractivity contribution >= 4 is 5.69 Å². The number of nitrogens with one attached hydrogen (secondary N) is 2. The minimum atomic E-state index is 0.728. The molecule has 0 bridgehead atoms. The highest BCUT2D eigenvalue weighted by atomic mass is 15.2. The van der Waals surface area contributed by atoms with Crippen LogP contribution in [0.25, 0.3) is 11.4 Å². The fourth-order valence-electron chi connectivity index (χ4n) is 2.27. The van der Waals surface area contributed by atoms with Crippen molar-refractivity contribution in [3.8, 4) is 11.4 Å². The molecule has 0 saturated heterocycles. The van der Waals surface area contributed by atoms with Gasteiger partial charge in [-0.2, -0.15) is 5.10 Å². The number of aryl methyl sites for hydroxylation is 2. The molecular formula is C17H18N4. The van der Waals surface area contributed by atoms with Gasteiger partial charge in [0.15, 0.2) is 5.82 Å². The molecule has 3 aromatic rings. The Morgan fingerprint density at radius 3 is 2.67 bits per heavy atom. The Balaban J connectivity index is 1.74. The molecule has 0 aliphatic rings. The zero-order valence-electron chi connectivity index (χ0n) is 12.2. The highest BCUT2D eigenvalue weighted by Gasteiger charge is 2.04. The van der Waals surface area contributed by atoms with Gasteiger partial charge < -0.3 is 5.32 Å². The molecule has 4 heteroatoms. The van der Waals surface area contributed by atoms with E-state index in [0.29, 0.717) is 0 Å². The smallest absolute Gasteiger partial charge is 0.181 e. The van der Waals surface area contributed by atoms with Gasteiger partial charge in [0.25, 0.3) is 0 Å². The second-order valence-electron chi connectivity index (χ2n) is 5.17. The second kappa shape index (κ2) is 5.79. The van der Waals surface area contributed by atoms with Crippen molar-refractivity contribution in [2.24, 2.45) is 0 Å². The lowest BCUT2D eigenvalue weighted by Crippen LogP contribution is -1.99. The van der Waals surface area contributed by atoms with Crippen LogP contribution in [0.5, 0.6) is 0 Å². The van der Waals surface area contributed by atoms with Crippen LogP contribution >= 0.6 is 0 Å². The highest BCUT2D eigenvalue weighted by Crippen LogP contribution is 2.19. The molecule has 0 radical (unpaired) electrons. The van der Waals surface area contributed by atoms with Gasteiger partial charge in [0, 0.05) is 17.8 Å². The summed E-state index contributed by atoms with van der Waals surface area (Å²) < 4.78 is 0. The van der Waals surface area contributed by atoms with E-state index < -0.39 is 0 Å². The van der Waals surface area contributed by atoms with E-state index in [0.717, 1.165) is 29.4 Å². The van der Waals surface area contributed by atoms with E-state index in [1.165, 1.54) is 11.1 Å². The lowest BCUT2D eigenvalue weighted by molar-refractivity contribution is 1.04. The van der Waals surface area contributed by atoms with Crippen LogP contribution in [-0.4, -0.2) is 15.2 Å². The van der Waals surface area contributed by atoms with E-state index in [2.05, 4.69) is 63.8 Å². The molecule has 0 aliphatic heterocycles. The predicted molar refractivity (Wildman–Crippen MR) is 85.1 cm³/mol. The van der Waals surface area contributed by atoms with E-state index in [-0.39, 0.29) is 0 Å². The molecule has 21 heavy (non-hydrogen) atoms. The summed E-state index contributed by atoms with van der Waals surface area (Å²) in [6.07, 6.45) is 0. The Labute approximate surface area is 124 Å². The minimum Gasteiger partial charge on any atom is -0.381 e. The van der Waals surface area contributed by atoms with Crippen molar-refractivity contribution < 1.29 is 0 Å². The van der Waals surface area contributed by atoms with Crippen LogP contribution in [0.3, 0.4) is 0 Å². The number of benzene rings is 2. The fourth-order valence-corrected chi connectivity index (χ4v) is 2.27. The van der Waals surface area contributed by atoms with Crippen molar-refractivity contribution in [1.29, 1.82) is 0 Å². The Kier molecular flexibility index (Phi) is 3.69. The van der Waals surface area contributed by atoms with Gasteiger partial charge >= 0.3 is 0 Å². The largest absolute Gasteiger partial charge is 0.381 e. The summed E-state index contributed by atoms with van der Waals surface area (Å²) in [5, 5.41) is 10.5. The van der Waals surface area contributed by atoms with E-state index in [1.807, 2.05) is 19.1 Å². The molecule has 0 aliphatic carbocycles. The molecule has 2 N–H and O–H groups in total. The first-order chi connectivity index (χ1) is 10.2. The first-order valence-corrected chi connectivity index (χ1v) is 6.99. The number of anilines is 1. The molecule has 0 atom stereocenters. The van der Waals surface area contributed by atoms with Crippen LogP contribution in [-0.2, 0) is 6.54 Å². The summed E-state index contributed by atoms with van der Waals surface area (Å²) in [4.78, 5) is 4.36. The van der Waals surface area contributed by atoms with Crippen LogP contribution in [0, 0.1) is 13.8 Å². The van der Waals surface area contributed by atoms with Crippen molar-refractivity contribution in [2.75, 3.05) is 5.32 Å². The molecule has 2 aromatic carbocycles. The molecule has 106 valence electrons. The van der Waals surface area contributed by atoms with Crippen LogP contribution < -0.4 is 5.32 Å². The molecule has 0 fully saturated rings. The molecule has 1 heterocycles. The lowest BCUT2D eigenvalue weighted by atomic mass is 10.1. The molecule has 1 aromatic heterocycles. The molecule has 0 spiro atoms. The van der Waals surface area contributed by atoms with Gasteiger partial charge in [-0.15, -0.1) is 0 Å². The average Bonchev–Trinajstić information content (AvgIpc) is 2.92. The lowest BCUT2D eigenvalue weighted by Gasteiger charge is -2.08. The fraction of sp³-hybridized carbons (Fsp3) is 0.176. The van der Waals surface area contributed by atoms with Gasteiger partial charge in [-0.25, -0.2) is 4.98 Å². The third-order valence-corrected chi connectivity index (χ3v) is 3.30. The summed E-state index contributed by atoms with van der Waals surface area (Å²) in [5.41, 5.74) is 4.62. The zero-order valence-corrected chi connectivity index (χ0v) is 12.2. The molecular weight excluding hydrogens is 260 g/mol. The van der Waals surface area contributed by atoms with Crippen LogP contribution in [0.15, 0.2) is 48.5 Å². The number of aromatic nitrogens is 3. The van der Waals surface area contributed by atoms with E-state index in [4.69, 9.17) is 0 Å². The summed E-state index contributed by atoms with van der Waals surface area (Å²) in [6, 6.07) is 16.7. The Bertz CT molecular complexity index is 746. The summed E-state index contributed by atoms with van der Waals surface area (Å²) in [5.74, 6) is 1.55. The highest BCUT2D eigenvalue weighted by molar-refractivity contribution is 5.62. The number of aromatic amines is 1. The topological polar surface area (TPSA) is 53.6 Å².